The lowest BCUT2D eigenvalue weighted by Crippen LogP contribution is -2.26. The van der Waals surface area contributed by atoms with Crippen molar-refractivity contribution in [2.75, 3.05) is 6.61 Å². The van der Waals surface area contributed by atoms with Crippen molar-refractivity contribution in [1.29, 1.82) is 0 Å². The van der Waals surface area contributed by atoms with Gasteiger partial charge in [0, 0.05) is 16.5 Å². The highest BCUT2D eigenvalue weighted by atomic mass is 79.9. The van der Waals surface area contributed by atoms with Gasteiger partial charge in [-0.15, -0.1) is 0 Å². The van der Waals surface area contributed by atoms with Crippen molar-refractivity contribution in [2.24, 2.45) is 5.92 Å². The minimum absolute atomic E-state index is 0.164. The second-order valence-corrected chi connectivity index (χ2v) is 6.69. The largest absolute Gasteiger partial charge is 0.493 e. The molecule has 1 aromatic rings. The number of carboxylic acids is 1. The van der Waals surface area contributed by atoms with E-state index in [0.29, 0.717) is 19.4 Å². The molecule has 0 unspecified atom stereocenters. The fourth-order valence-electron chi connectivity index (χ4n) is 3.14. The Labute approximate surface area is 132 Å². The van der Waals surface area contributed by atoms with Crippen molar-refractivity contribution in [2.45, 2.75) is 44.8 Å². The Kier molecular flexibility index (Phi) is 4.50. The molecule has 3 rings (SSSR count). The van der Waals surface area contributed by atoms with Gasteiger partial charge in [0.1, 0.15) is 5.75 Å². The average molecular weight is 355 g/mol. The number of fused-ring (bicyclic) bond motifs is 1. The van der Waals surface area contributed by atoms with E-state index in [-0.39, 0.29) is 12.0 Å². The van der Waals surface area contributed by atoms with E-state index >= 15 is 0 Å². The minimum Gasteiger partial charge on any atom is -0.493 e. The second-order valence-electron chi connectivity index (χ2n) is 5.77. The van der Waals surface area contributed by atoms with Crippen molar-refractivity contribution in [3.05, 3.63) is 27.7 Å². The van der Waals surface area contributed by atoms with Gasteiger partial charge in [-0.25, -0.2) is 0 Å². The summed E-state index contributed by atoms with van der Waals surface area (Å²) in [7, 11) is 0. The molecule has 1 fully saturated rings. The standard InChI is InChI=1S/C16H19BrO4/c17-13-7-11-5-6-20-15(11)12(8-13)9-21-14-3-1-10(2-4-14)16(18)19/h7-8,10,14H,1-6,9H2,(H,18,19). The molecule has 1 N–H and O–H groups in total. The van der Waals surface area contributed by atoms with Crippen molar-refractivity contribution in [3.8, 4) is 5.75 Å². The van der Waals surface area contributed by atoms with Gasteiger partial charge >= 0.3 is 5.97 Å². The Bertz CT molecular complexity index is 535. The van der Waals surface area contributed by atoms with E-state index in [2.05, 4.69) is 22.0 Å². The van der Waals surface area contributed by atoms with Gasteiger partial charge in [-0.1, -0.05) is 15.9 Å². The Morgan fingerprint density at radius 3 is 2.81 bits per heavy atom. The van der Waals surface area contributed by atoms with Crippen LogP contribution in [0.2, 0.25) is 0 Å². The third-order valence-corrected chi connectivity index (χ3v) is 4.78. The molecule has 0 aromatic heterocycles. The lowest BCUT2D eigenvalue weighted by molar-refractivity contribution is -0.143. The van der Waals surface area contributed by atoms with Gasteiger partial charge in [0.05, 0.1) is 25.2 Å². The molecule has 1 aliphatic carbocycles. The van der Waals surface area contributed by atoms with Crippen LogP contribution in [0.25, 0.3) is 0 Å². The molecule has 1 aliphatic heterocycles. The van der Waals surface area contributed by atoms with E-state index in [1.54, 1.807) is 0 Å². The summed E-state index contributed by atoms with van der Waals surface area (Å²) in [6.45, 7) is 1.27. The molecule has 21 heavy (non-hydrogen) atoms. The Morgan fingerprint density at radius 1 is 1.33 bits per heavy atom. The van der Waals surface area contributed by atoms with Crippen molar-refractivity contribution < 1.29 is 19.4 Å². The van der Waals surface area contributed by atoms with E-state index in [1.165, 1.54) is 5.56 Å². The monoisotopic (exact) mass is 354 g/mol. The summed E-state index contributed by atoms with van der Waals surface area (Å²) in [6, 6.07) is 4.15. The Hall–Kier alpha value is -1.07. The summed E-state index contributed by atoms with van der Waals surface area (Å²) >= 11 is 3.53. The van der Waals surface area contributed by atoms with Crippen LogP contribution in [0.5, 0.6) is 5.75 Å². The zero-order valence-electron chi connectivity index (χ0n) is 11.8. The molecule has 114 valence electrons. The first-order chi connectivity index (χ1) is 10.1. The molecule has 0 saturated heterocycles. The van der Waals surface area contributed by atoms with Gasteiger partial charge in [0.25, 0.3) is 0 Å². The number of rotatable bonds is 4. The van der Waals surface area contributed by atoms with Crippen LogP contribution in [-0.2, 0) is 22.6 Å². The van der Waals surface area contributed by atoms with E-state index in [1.807, 2.05) is 6.07 Å². The molecule has 0 bridgehead atoms. The lowest BCUT2D eigenvalue weighted by atomic mass is 9.87. The van der Waals surface area contributed by atoms with Gasteiger partial charge in [0.2, 0.25) is 0 Å². The highest BCUT2D eigenvalue weighted by Gasteiger charge is 2.27. The van der Waals surface area contributed by atoms with E-state index in [9.17, 15) is 4.79 Å². The number of hydrogen-bond donors (Lipinski definition) is 1. The van der Waals surface area contributed by atoms with Crippen LogP contribution in [0.15, 0.2) is 16.6 Å². The second kappa shape index (κ2) is 6.36. The third kappa shape index (κ3) is 3.40. The quantitative estimate of drug-likeness (QED) is 0.898. The Balaban J connectivity index is 1.58. The highest BCUT2D eigenvalue weighted by molar-refractivity contribution is 9.10. The molecular weight excluding hydrogens is 336 g/mol. The van der Waals surface area contributed by atoms with E-state index in [0.717, 1.165) is 41.7 Å². The summed E-state index contributed by atoms with van der Waals surface area (Å²) in [5, 5.41) is 9.01. The number of aliphatic carboxylic acids is 1. The summed E-state index contributed by atoms with van der Waals surface area (Å²) in [5.41, 5.74) is 2.31. The molecule has 0 amide bonds. The molecule has 1 heterocycles. The summed E-state index contributed by atoms with van der Waals surface area (Å²) in [6.07, 6.45) is 4.20. The number of benzene rings is 1. The molecule has 2 aliphatic rings. The summed E-state index contributed by atoms with van der Waals surface area (Å²) < 4.78 is 12.7. The van der Waals surface area contributed by atoms with Gasteiger partial charge in [0.15, 0.2) is 0 Å². The number of halogens is 1. The molecule has 0 spiro atoms. The van der Waals surface area contributed by atoms with Gasteiger partial charge in [-0.2, -0.15) is 0 Å². The van der Waals surface area contributed by atoms with Crippen molar-refractivity contribution in [3.63, 3.8) is 0 Å². The predicted octanol–water partition coefficient (Wildman–Crippen LogP) is 3.54. The molecule has 4 nitrogen and oxygen atoms in total. The first-order valence-corrected chi connectivity index (χ1v) is 8.21. The van der Waals surface area contributed by atoms with Crippen LogP contribution in [0.4, 0.5) is 0 Å². The maximum Gasteiger partial charge on any atom is 0.306 e. The number of ether oxygens (including phenoxy) is 2. The summed E-state index contributed by atoms with van der Waals surface area (Å²) in [5.74, 6) is 0.104. The fraction of sp³-hybridized carbons (Fsp3) is 0.562. The minimum atomic E-state index is -0.674. The van der Waals surface area contributed by atoms with Crippen LogP contribution in [0, 0.1) is 5.92 Å². The molecule has 5 heteroatoms. The number of hydrogen-bond acceptors (Lipinski definition) is 3. The predicted molar refractivity (Wildman–Crippen MR) is 81.5 cm³/mol. The number of carboxylic acid groups (broad SMARTS) is 1. The number of carbonyl (C=O) groups is 1. The molecular formula is C16H19BrO4. The zero-order chi connectivity index (χ0) is 14.8. The van der Waals surface area contributed by atoms with Crippen molar-refractivity contribution in [1.82, 2.24) is 0 Å². The molecule has 0 radical (unpaired) electrons. The lowest BCUT2D eigenvalue weighted by Gasteiger charge is -2.26. The maximum absolute atomic E-state index is 10.9. The normalized spacial score (nSPS) is 24.4. The van der Waals surface area contributed by atoms with Gasteiger partial charge < -0.3 is 14.6 Å². The summed E-state index contributed by atoms with van der Waals surface area (Å²) in [4.78, 5) is 10.9. The highest BCUT2D eigenvalue weighted by Crippen LogP contribution is 2.34. The third-order valence-electron chi connectivity index (χ3n) is 4.32. The fourth-order valence-corrected chi connectivity index (χ4v) is 3.69. The first-order valence-electron chi connectivity index (χ1n) is 7.42. The van der Waals surface area contributed by atoms with Crippen LogP contribution in [0.1, 0.15) is 36.8 Å². The zero-order valence-corrected chi connectivity index (χ0v) is 13.4. The van der Waals surface area contributed by atoms with Crippen LogP contribution in [0.3, 0.4) is 0 Å². The van der Waals surface area contributed by atoms with Crippen molar-refractivity contribution >= 4 is 21.9 Å². The van der Waals surface area contributed by atoms with E-state index < -0.39 is 5.97 Å². The maximum atomic E-state index is 10.9. The van der Waals surface area contributed by atoms with Crippen LogP contribution < -0.4 is 4.74 Å². The topological polar surface area (TPSA) is 55.8 Å². The molecule has 1 aromatic carbocycles. The van der Waals surface area contributed by atoms with E-state index in [4.69, 9.17) is 14.6 Å². The average Bonchev–Trinajstić information content (AvgIpc) is 2.93. The van der Waals surface area contributed by atoms with Gasteiger partial charge in [-0.3, -0.25) is 4.79 Å². The molecule has 1 saturated carbocycles. The first kappa shape index (κ1) is 14.9. The smallest absolute Gasteiger partial charge is 0.306 e. The van der Waals surface area contributed by atoms with Crippen LogP contribution in [-0.4, -0.2) is 23.8 Å². The molecule has 0 atom stereocenters. The van der Waals surface area contributed by atoms with Crippen LogP contribution >= 0.6 is 15.9 Å². The van der Waals surface area contributed by atoms with Gasteiger partial charge in [-0.05, 0) is 43.4 Å². The SMILES string of the molecule is O=C(O)C1CCC(OCc2cc(Br)cc3c2OCC3)CC1. The Morgan fingerprint density at radius 2 is 2.10 bits per heavy atom.